The monoisotopic (exact) mass is 310 g/mol. The number of rotatable bonds is 3. The van der Waals surface area contributed by atoms with Gasteiger partial charge in [-0.2, -0.15) is 5.10 Å². The zero-order valence-corrected chi connectivity index (χ0v) is 11.4. The number of halogens is 2. The van der Waals surface area contributed by atoms with Crippen molar-refractivity contribution in [2.24, 2.45) is 0 Å². The highest BCUT2D eigenvalue weighted by molar-refractivity contribution is 5.72. The Labute approximate surface area is 122 Å². The van der Waals surface area contributed by atoms with Crippen LogP contribution in [0.15, 0.2) is 17.1 Å². The Morgan fingerprint density at radius 1 is 1.45 bits per heavy atom. The fourth-order valence-electron chi connectivity index (χ4n) is 2.57. The second kappa shape index (κ2) is 5.32. The predicted molar refractivity (Wildman–Crippen MR) is 69.4 cm³/mol. The van der Waals surface area contributed by atoms with Crippen LogP contribution in [0.5, 0.6) is 0 Å². The minimum Gasteiger partial charge on any atom is -0.480 e. The first kappa shape index (κ1) is 14.4. The highest BCUT2D eigenvalue weighted by Crippen LogP contribution is 2.21. The fraction of sp³-hybridized carbons (Fsp3) is 0.385. The molecule has 9 heteroatoms. The number of carbonyl (C=O) groups is 1. The lowest BCUT2D eigenvalue weighted by atomic mass is 10.1. The smallest absolute Gasteiger partial charge is 0.347 e. The standard InChI is InChI=1S/C13H12F2N4O3/c14-7-4-8(15)9(16-5-7)6-18-13(22)19-10(12(20)21)2-1-3-11(19)17-18/h4-5,10H,1-3,6H2,(H,20,21)/t10-/m0/s1. The van der Waals surface area contributed by atoms with Crippen LogP contribution in [0.1, 0.15) is 30.4 Å². The molecule has 22 heavy (non-hydrogen) atoms. The molecule has 0 radical (unpaired) electrons. The summed E-state index contributed by atoms with van der Waals surface area (Å²) in [4.78, 5) is 27.1. The highest BCUT2D eigenvalue weighted by Gasteiger charge is 2.30. The van der Waals surface area contributed by atoms with Crippen molar-refractivity contribution in [1.82, 2.24) is 19.3 Å². The number of aryl methyl sites for hydroxylation is 1. The minimum absolute atomic E-state index is 0.133. The molecule has 1 aliphatic rings. The molecule has 0 saturated heterocycles. The molecule has 0 unspecified atom stereocenters. The molecular weight excluding hydrogens is 298 g/mol. The van der Waals surface area contributed by atoms with Gasteiger partial charge >= 0.3 is 11.7 Å². The van der Waals surface area contributed by atoms with Crippen LogP contribution in [0, 0.1) is 11.6 Å². The maximum absolute atomic E-state index is 13.6. The molecule has 2 aromatic heterocycles. The van der Waals surface area contributed by atoms with Crippen molar-refractivity contribution in [3.05, 3.63) is 45.9 Å². The van der Waals surface area contributed by atoms with Crippen molar-refractivity contribution in [2.45, 2.75) is 31.8 Å². The van der Waals surface area contributed by atoms with Gasteiger partial charge in [0, 0.05) is 12.5 Å². The molecule has 0 aliphatic carbocycles. The van der Waals surface area contributed by atoms with E-state index in [1.807, 2.05) is 0 Å². The number of fused-ring (bicyclic) bond motifs is 1. The Balaban J connectivity index is 2.00. The van der Waals surface area contributed by atoms with Gasteiger partial charge < -0.3 is 5.11 Å². The molecule has 0 amide bonds. The third-order valence-electron chi connectivity index (χ3n) is 3.60. The fourth-order valence-corrected chi connectivity index (χ4v) is 2.57. The largest absolute Gasteiger partial charge is 0.480 e. The van der Waals surface area contributed by atoms with E-state index in [2.05, 4.69) is 10.1 Å². The quantitative estimate of drug-likeness (QED) is 0.902. The molecule has 0 fully saturated rings. The maximum atomic E-state index is 13.6. The zero-order chi connectivity index (χ0) is 15.9. The highest BCUT2D eigenvalue weighted by atomic mass is 19.1. The van der Waals surface area contributed by atoms with Crippen molar-refractivity contribution in [1.29, 1.82) is 0 Å². The van der Waals surface area contributed by atoms with Crippen LogP contribution >= 0.6 is 0 Å². The Bertz CT molecular complexity index is 799. The Morgan fingerprint density at radius 2 is 2.23 bits per heavy atom. The lowest BCUT2D eigenvalue weighted by molar-refractivity contribution is -0.141. The summed E-state index contributed by atoms with van der Waals surface area (Å²) >= 11 is 0. The van der Waals surface area contributed by atoms with Crippen LogP contribution in [0.2, 0.25) is 0 Å². The van der Waals surface area contributed by atoms with Gasteiger partial charge in [-0.05, 0) is 12.8 Å². The van der Waals surface area contributed by atoms with Crippen LogP contribution in [0.3, 0.4) is 0 Å². The molecule has 0 spiro atoms. The van der Waals surface area contributed by atoms with Crippen LogP contribution in [-0.4, -0.2) is 30.4 Å². The van der Waals surface area contributed by atoms with Crippen LogP contribution in [0.25, 0.3) is 0 Å². The molecule has 1 N–H and O–H groups in total. The van der Waals surface area contributed by atoms with E-state index < -0.39 is 29.3 Å². The SMILES string of the molecule is O=C(O)[C@@H]1CCCc2nn(Cc3ncc(F)cc3F)c(=O)n21. The van der Waals surface area contributed by atoms with Crippen molar-refractivity contribution in [2.75, 3.05) is 0 Å². The lowest BCUT2D eigenvalue weighted by Gasteiger charge is -2.19. The molecular formula is C13H12F2N4O3. The predicted octanol–water partition coefficient (Wildman–Crippen LogP) is 0.728. The van der Waals surface area contributed by atoms with E-state index in [9.17, 15) is 23.5 Å². The van der Waals surface area contributed by atoms with E-state index in [0.29, 0.717) is 31.2 Å². The summed E-state index contributed by atoms with van der Waals surface area (Å²) in [7, 11) is 0. The van der Waals surface area contributed by atoms with Crippen molar-refractivity contribution >= 4 is 5.97 Å². The number of aliphatic carboxylic acids is 1. The Kier molecular flexibility index (Phi) is 3.47. The first-order valence-electron chi connectivity index (χ1n) is 6.68. The van der Waals surface area contributed by atoms with E-state index in [0.717, 1.165) is 15.4 Å². The molecule has 0 bridgehead atoms. The number of carboxylic acid groups (broad SMARTS) is 1. The molecule has 3 heterocycles. The van der Waals surface area contributed by atoms with Crippen molar-refractivity contribution in [3.63, 3.8) is 0 Å². The summed E-state index contributed by atoms with van der Waals surface area (Å²) < 4.78 is 28.5. The average Bonchev–Trinajstić information content (AvgIpc) is 2.78. The van der Waals surface area contributed by atoms with Crippen molar-refractivity contribution < 1.29 is 18.7 Å². The first-order chi connectivity index (χ1) is 10.5. The number of pyridine rings is 1. The molecule has 0 aromatic carbocycles. The summed E-state index contributed by atoms with van der Waals surface area (Å²) in [6.45, 7) is -0.280. The second-order valence-corrected chi connectivity index (χ2v) is 5.05. The van der Waals surface area contributed by atoms with Gasteiger partial charge in [0.1, 0.15) is 23.5 Å². The van der Waals surface area contributed by atoms with Gasteiger partial charge in [0.25, 0.3) is 0 Å². The van der Waals surface area contributed by atoms with E-state index in [4.69, 9.17) is 0 Å². The van der Waals surface area contributed by atoms with Gasteiger partial charge in [-0.15, -0.1) is 0 Å². The zero-order valence-electron chi connectivity index (χ0n) is 11.4. The molecule has 2 aromatic rings. The van der Waals surface area contributed by atoms with Gasteiger partial charge in [0.2, 0.25) is 0 Å². The Hall–Kier alpha value is -2.58. The Morgan fingerprint density at radius 3 is 2.91 bits per heavy atom. The first-order valence-corrected chi connectivity index (χ1v) is 6.68. The average molecular weight is 310 g/mol. The van der Waals surface area contributed by atoms with Gasteiger partial charge in [0.15, 0.2) is 0 Å². The second-order valence-electron chi connectivity index (χ2n) is 5.05. The summed E-state index contributed by atoms with van der Waals surface area (Å²) in [6.07, 6.45) is 2.28. The van der Waals surface area contributed by atoms with E-state index in [1.165, 1.54) is 0 Å². The topological polar surface area (TPSA) is 90.0 Å². The van der Waals surface area contributed by atoms with Gasteiger partial charge in [-0.3, -0.25) is 9.55 Å². The molecule has 1 aliphatic heterocycles. The van der Waals surface area contributed by atoms with E-state index in [1.54, 1.807) is 0 Å². The number of aromatic nitrogens is 4. The molecule has 7 nitrogen and oxygen atoms in total. The minimum atomic E-state index is -1.10. The summed E-state index contributed by atoms with van der Waals surface area (Å²) in [5.41, 5.74) is -0.765. The van der Waals surface area contributed by atoms with E-state index in [-0.39, 0.29) is 12.2 Å². The summed E-state index contributed by atoms with van der Waals surface area (Å²) in [6, 6.07) is -0.292. The molecule has 3 rings (SSSR count). The van der Waals surface area contributed by atoms with Gasteiger partial charge in [-0.25, -0.2) is 23.1 Å². The summed E-state index contributed by atoms with van der Waals surface area (Å²) in [5, 5.41) is 13.2. The van der Waals surface area contributed by atoms with Crippen molar-refractivity contribution in [3.8, 4) is 0 Å². The lowest BCUT2D eigenvalue weighted by Crippen LogP contribution is -2.34. The third-order valence-corrected chi connectivity index (χ3v) is 3.60. The third kappa shape index (κ3) is 2.38. The summed E-state index contributed by atoms with van der Waals surface area (Å²) in [5.74, 6) is -2.45. The molecule has 0 saturated carbocycles. The van der Waals surface area contributed by atoms with Gasteiger partial charge in [0.05, 0.1) is 18.4 Å². The van der Waals surface area contributed by atoms with Gasteiger partial charge in [-0.1, -0.05) is 0 Å². The van der Waals surface area contributed by atoms with Crippen LogP contribution in [0.4, 0.5) is 8.78 Å². The number of carboxylic acids is 1. The number of nitrogens with zero attached hydrogens (tertiary/aromatic N) is 4. The number of hydrogen-bond donors (Lipinski definition) is 1. The van der Waals surface area contributed by atoms with Crippen LogP contribution < -0.4 is 5.69 Å². The number of hydrogen-bond acceptors (Lipinski definition) is 4. The normalized spacial score (nSPS) is 17.3. The molecule has 1 atom stereocenters. The van der Waals surface area contributed by atoms with E-state index >= 15 is 0 Å². The van der Waals surface area contributed by atoms with Crippen LogP contribution in [-0.2, 0) is 17.8 Å². The maximum Gasteiger partial charge on any atom is 0.347 e. The molecule has 116 valence electrons.